The van der Waals surface area contributed by atoms with Gasteiger partial charge in [0.1, 0.15) is 6.17 Å². The predicted octanol–water partition coefficient (Wildman–Crippen LogP) is 5.15. The van der Waals surface area contributed by atoms with Gasteiger partial charge in [0.05, 0.1) is 24.0 Å². The molecule has 2 saturated heterocycles. The second-order valence-corrected chi connectivity index (χ2v) is 15.5. The molecule has 8 heteroatoms. The van der Waals surface area contributed by atoms with Crippen LogP contribution in [0.25, 0.3) is 0 Å². The Morgan fingerprint density at radius 2 is 1.98 bits per heavy atom. The van der Waals surface area contributed by atoms with E-state index in [0.29, 0.717) is 43.7 Å². The quantitative estimate of drug-likeness (QED) is 0.448. The first-order valence-corrected chi connectivity index (χ1v) is 16.9. The van der Waals surface area contributed by atoms with Crippen molar-refractivity contribution in [3.8, 4) is 0 Å². The van der Waals surface area contributed by atoms with E-state index in [4.69, 9.17) is 4.74 Å². The number of carbonyl (C=O) groups is 3. The van der Waals surface area contributed by atoms with E-state index >= 15 is 4.39 Å². The monoisotopic (exact) mass is 607 g/mol. The minimum atomic E-state index is -1.24. The molecule has 230 valence electrons. The second kappa shape index (κ2) is 10.7. The summed E-state index contributed by atoms with van der Waals surface area (Å²) in [4.78, 5) is 41.3. The number of aliphatic hydroxyl groups excluding tert-OH is 1. The molecule has 6 nitrogen and oxygen atoms in total. The van der Waals surface area contributed by atoms with Crippen LogP contribution in [0.15, 0.2) is 54.1 Å². The van der Waals surface area contributed by atoms with E-state index in [0.717, 1.165) is 19.5 Å². The molecule has 0 aromatic heterocycles. The first-order chi connectivity index (χ1) is 20.6. The number of aliphatic hydroxyl groups is 1. The van der Waals surface area contributed by atoms with Crippen molar-refractivity contribution in [3.05, 3.63) is 59.7 Å². The van der Waals surface area contributed by atoms with Gasteiger partial charge < -0.3 is 9.84 Å². The van der Waals surface area contributed by atoms with Gasteiger partial charge in [0.15, 0.2) is 10.9 Å². The molecule has 1 aromatic carbocycles. The van der Waals surface area contributed by atoms with Gasteiger partial charge in [-0.2, -0.15) is 0 Å². The number of carbonyl (C=O) groups excluding carboxylic acids is 3. The number of thioether (sulfide) groups is 1. The summed E-state index contributed by atoms with van der Waals surface area (Å²) in [5, 5.41) is 12.2. The van der Waals surface area contributed by atoms with Crippen LogP contribution in [0.1, 0.15) is 51.5 Å². The lowest BCUT2D eigenvalue weighted by Crippen LogP contribution is -2.61. The summed E-state index contributed by atoms with van der Waals surface area (Å²) in [6, 6.07) is 10.3. The van der Waals surface area contributed by atoms with Crippen molar-refractivity contribution < 1.29 is 28.6 Å². The Hall–Kier alpha value is -2.29. The number of fused-ring (bicyclic) bond motifs is 7. The fourth-order valence-electron chi connectivity index (χ4n) is 10.5. The summed E-state index contributed by atoms with van der Waals surface area (Å²) in [7, 11) is 0. The van der Waals surface area contributed by atoms with Gasteiger partial charge in [0.2, 0.25) is 0 Å². The summed E-state index contributed by atoms with van der Waals surface area (Å²) in [6.07, 6.45) is 5.80. The number of hydrogen-bond acceptors (Lipinski definition) is 7. The van der Waals surface area contributed by atoms with E-state index in [-0.39, 0.29) is 52.9 Å². The van der Waals surface area contributed by atoms with Gasteiger partial charge in [-0.1, -0.05) is 62.0 Å². The van der Waals surface area contributed by atoms with Crippen molar-refractivity contribution in [2.24, 2.45) is 45.8 Å². The van der Waals surface area contributed by atoms with Crippen molar-refractivity contribution in [2.45, 2.75) is 64.8 Å². The van der Waals surface area contributed by atoms with Crippen LogP contribution in [0, 0.1) is 45.8 Å². The Bertz CT molecular complexity index is 1380. The van der Waals surface area contributed by atoms with Crippen LogP contribution >= 0.6 is 11.8 Å². The Morgan fingerprint density at radius 1 is 1.19 bits per heavy atom. The minimum Gasteiger partial charge on any atom is -0.465 e. The Balaban J connectivity index is 1.21. The highest BCUT2D eigenvalue weighted by molar-refractivity contribution is 8.13. The maximum Gasteiger partial charge on any atom is 0.309 e. The molecule has 4 aliphatic carbocycles. The van der Waals surface area contributed by atoms with Crippen LogP contribution in [0.3, 0.4) is 0 Å². The van der Waals surface area contributed by atoms with E-state index in [1.807, 2.05) is 31.2 Å². The van der Waals surface area contributed by atoms with Gasteiger partial charge >= 0.3 is 5.97 Å². The van der Waals surface area contributed by atoms with Crippen LogP contribution in [-0.2, 0) is 25.7 Å². The molecule has 43 heavy (non-hydrogen) atoms. The third kappa shape index (κ3) is 4.45. The zero-order valence-electron chi connectivity index (χ0n) is 25.0. The number of ketones is 1. The van der Waals surface area contributed by atoms with Gasteiger partial charge in [-0.15, -0.1) is 0 Å². The molecule has 1 N–H and O–H groups in total. The van der Waals surface area contributed by atoms with Crippen LogP contribution in [0.2, 0.25) is 0 Å². The smallest absolute Gasteiger partial charge is 0.309 e. The molecule has 7 rings (SSSR count). The fourth-order valence-corrected chi connectivity index (χ4v) is 11.8. The number of ether oxygens (including phenoxy) is 1. The zero-order chi connectivity index (χ0) is 30.1. The molecule has 10 atom stereocenters. The molecule has 0 spiro atoms. The first-order valence-electron chi connectivity index (χ1n) is 15.9. The van der Waals surface area contributed by atoms with Crippen molar-refractivity contribution in [1.29, 1.82) is 0 Å². The average Bonchev–Trinajstić information content (AvgIpc) is 3.61. The molecule has 0 amide bonds. The lowest BCUT2D eigenvalue weighted by atomic mass is 9.45. The normalized spacial score (nSPS) is 43.4. The van der Waals surface area contributed by atoms with Crippen LogP contribution in [0.4, 0.5) is 4.39 Å². The zero-order valence-corrected chi connectivity index (χ0v) is 25.9. The third-order valence-electron chi connectivity index (χ3n) is 12.4. The molecule has 3 saturated carbocycles. The number of nitrogens with zero attached hydrogens (tertiary/aromatic N) is 1. The number of benzene rings is 1. The van der Waals surface area contributed by atoms with Gasteiger partial charge in [-0.05, 0) is 78.6 Å². The lowest BCUT2D eigenvalue weighted by Gasteiger charge is -2.60. The van der Waals surface area contributed by atoms with Crippen molar-refractivity contribution in [3.63, 3.8) is 0 Å². The van der Waals surface area contributed by atoms with Crippen molar-refractivity contribution in [1.82, 2.24) is 4.90 Å². The SMILES string of the molecule is C[C@]12C=CC(=O)C=C1[C@@H](F)C[C@@H]1C2[C@@H](O)C[C@@]2(C)C1C[C@H]1CN(Cc3ccccc3)C[C@]12C(=O)SCCC1CCOC1=O. The van der Waals surface area contributed by atoms with Crippen molar-refractivity contribution >= 4 is 28.6 Å². The molecule has 2 heterocycles. The van der Waals surface area contributed by atoms with Gasteiger partial charge in [0.25, 0.3) is 0 Å². The van der Waals surface area contributed by atoms with E-state index in [1.165, 1.54) is 29.5 Å². The molecule has 6 aliphatic rings. The Morgan fingerprint density at radius 3 is 2.72 bits per heavy atom. The van der Waals surface area contributed by atoms with Gasteiger partial charge in [0, 0.05) is 36.7 Å². The lowest BCUT2D eigenvalue weighted by molar-refractivity contribution is -0.154. The van der Waals surface area contributed by atoms with Crippen LogP contribution in [0.5, 0.6) is 0 Å². The standard InChI is InChI=1S/C35H42FNO5S/c1-33-11-8-24(38)15-27(33)28(36)16-25-26-14-23-19-37(18-21-6-4-3-5-7-21)20-35(23,34(26,2)17-29(39)30(25)33)32(41)43-13-10-22-9-12-42-31(22)40/h3-8,11,15,22-23,25-26,28-30,39H,9-10,12-14,16-20H2,1-2H3/t22?,23-,25-,26?,28-,29-,30?,33-,34-,35+/m0/s1. The van der Waals surface area contributed by atoms with Crippen LogP contribution in [-0.4, -0.2) is 64.6 Å². The maximum atomic E-state index is 16.0. The summed E-state index contributed by atoms with van der Waals surface area (Å²) >= 11 is 1.35. The molecule has 0 bridgehead atoms. The highest BCUT2D eigenvalue weighted by Gasteiger charge is 2.74. The van der Waals surface area contributed by atoms with E-state index < -0.39 is 28.5 Å². The van der Waals surface area contributed by atoms with Crippen molar-refractivity contribution in [2.75, 3.05) is 25.4 Å². The molecule has 2 aliphatic heterocycles. The fraction of sp³-hybridized carbons (Fsp3) is 0.629. The molecule has 5 fully saturated rings. The third-order valence-corrected chi connectivity index (χ3v) is 13.5. The Labute approximate surface area is 257 Å². The summed E-state index contributed by atoms with van der Waals surface area (Å²) in [5.41, 5.74) is -0.161. The highest BCUT2D eigenvalue weighted by Crippen LogP contribution is 2.73. The molecular weight excluding hydrogens is 565 g/mol. The van der Waals surface area contributed by atoms with Gasteiger partial charge in [-0.3, -0.25) is 19.3 Å². The van der Waals surface area contributed by atoms with E-state index in [1.54, 1.807) is 0 Å². The van der Waals surface area contributed by atoms with E-state index in [9.17, 15) is 19.5 Å². The number of cyclic esters (lactones) is 1. The number of likely N-dealkylation sites (tertiary alicyclic amines) is 1. The highest BCUT2D eigenvalue weighted by atomic mass is 32.2. The van der Waals surface area contributed by atoms with Crippen LogP contribution < -0.4 is 0 Å². The number of hydrogen-bond donors (Lipinski definition) is 1. The topological polar surface area (TPSA) is 83.9 Å². The second-order valence-electron chi connectivity index (χ2n) is 14.4. The predicted molar refractivity (Wildman–Crippen MR) is 162 cm³/mol. The number of esters is 1. The largest absolute Gasteiger partial charge is 0.465 e. The minimum absolute atomic E-state index is 0.0835. The summed E-state index contributed by atoms with van der Waals surface area (Å²) in [6.45, 7) is 6.83. The molecule has 0 radical (unpaired) electrons. The van der Waals surface area contributed by atoms with E-state index in [2.05, 4.69) is 24.0 Å². The first kappa shape index (κ1) is 29.4. The number of halogens is 1. The maximum absolute atomic E-state index is 16.0. The summed E-state index contributed by atoms with van der Waals surface area (Å²) in [5.74, 6) is 0.00989. The number of allylic oxidation sites excluding steroid dienone is 4. The Kier molecular flexibility index (Phi) is 7.29. The number of alkyl halides is 1. The average molecular weight is 608 g/mol. The van der Waals surface area contributed by atoms with Gasteiger partial charge in [-0.25, -0.2) is 4.39 Å². The number of rotatable bonds is 6. The molecule has 3 unspecified atom stereocenters. The summed E-state index contributed by atoms with van der Waals surface area (Å²) < 4.78 is 21.1. The molecular formula is C35H42FNO5S. The molecule has 1 aromatic rings.